The molecule has 6 heteroatoms. The quantitative estimate of drug-likeness (QED) is 0.720. The van der Waals surface area contributed by atoms with E-state index in [1.165, 1.54) is 0 Å². The minimum absolute atomic E-state index is 0.0294. The predicted molar refractivity (Wildman–Crippen MR) is 94.6 cm³/mol. The largest absolute Gasteiger partial charge is 0.451 e. The summed E-state index contributed by atoms with van der Waals surface area (Å²) in [7, 11) is 1.95. The lowest BCUT2D eigenvalue weighted by Crippen LogP contribution is -2.39. The Morgan fingerprint density at radius 2 is 2.16 bits per heavy atom. The molecule has 0 radical (unpaired) electrons. The highest BCUT2D eigenvalue weighted by Crippen LogP contribution is 2.30. The summed E-state index contributed by atoms with van der Waals surface area (Å²) >= 11 is 0. The number of aryl methyl sites for hydroxylation is 3. The van der Waals surface area contributed by atoms with Crippen LogP contribution in [-0.2, 0) is 7.05 Å². The molecule has 6 nitrogen and oxygen atoms in total. The van der Waals surface area contributed by atoms with Gasteiger partial charge in [0.05, 0.1) is 0 Å². The lowest BCUT2D eigenvalue weighted by Gasteiger charge is -2.31. The number of carbonyl (C=O) groups is 1. The van der Waals surface area contributed by atoms with Crippen LogP contribution in [0.2, 0.25) is 0 Å². The molecular weight excluding hydrogens is 316 g/mol. The summed E-state index contributed by atoms with van der Waals surface area (Å²) in [6.07, 6.45) is 3.69. The van der Waals surface area contributed by atoms with Gasteiger partial charge in [-0.3, -0.25) is 4.79 Å². The number of fused-ring (bicyclic) bond motifs is 1. The van der Waals surface area contributed by atoms with Crippen LogP contribution in [0.1, 0.15) is 46.3 Å². The van der Waals surface area contributed by atoms with Crippen molar-refractivity contribution in [3.63, 3.8) is 0 Å². The first-order valence-corrected chi connectivity index (χ1v) is 8.67. The number of piperidine rings is 1. The third-order valence-corrected chi connectivity index (χ3v) is 5.11. The summed E-state index contributed by atoms with van der Waals surface area (Å²) in [6, 6.07) is 6.06. The average molecular weight is 338 g/mol. The van der Waals surface area contributed by atoms with Crippen molar-refractivity contribution in [3.05, 3.63) is 47.2 Å². The maximum absolute atomic E-state index is 13.1. The minimum Gasteiger partial charge on any atom is -0.451 e. The van der Waals surface area contributed by atoms with Crippen molar-refractivity contribution in [2.45, 2.75) is 32.6 Å². The van der Waals surface area contributed by atoms with Crippen LogP contribution >= 0.6 is 0 Å². The van der Waals surface area contributed by atoms with Crippen LogP contribution in [0.3, 0.4) is 0 Å². The Morgan fingerprint density at radius 3 is 2.92 bits per heavy atom. The number of carbonyl (C=O) groups excluding carboxylic acids is 1. The lowest BCUT2D eigenvalue weighted by molar-refractivity contribution is 0.0672. The second kappa shape index (κ2) is 6.02. The molecule has 3 heterocycles. The van der Waals surface area contributed by atoms with Crippen LogP contribution < -0.4 is 0 Å². The van der Waals surface area contributed by atoms with Crippen molar-refractivity contribution in [3.8, 4) is 0 Å². The van der Waals surface area contributed by atoms with E-state index in [9.17, 15) is 4.79 Å². The van der Waals surface area contributed by atoms with Crippen molar-refractivity contribution < 1.29 is 9.21 Å². The number of rotatable bonds is 2. The Balaban J connectivity index is 1.62. The normalized spacial score (nSPS) is 18.0. The summed E-state index contributed by atoms with van der Waals surface area (Å²) in [6.45, 7) is 5.39. The van der Waals surface area contributed by atoms with Gasteiger partial charge >= 0.3 is 0 Å². The summed E-state index contributed by atoms with van der Waals surface area (Å²) in [4.78, 5) is 15.0. The summed E-state index contributed by atoms with van der Waals surface area (Å²) in [5.74, 6) is 1.59. The second-order valence-electron chi connectivity index (χ2n) is 6.95. The standard InChI is InChI=1S/C19H22N4O2/c1-12-6-7-15-13(2)17(25-16(15)9-12)19(24)23-8-4-5-14(10-23)18-21-20-11-22(18)3/h6-7,9,11,14H,4-5,8,10H2,1-3H3. The van der Waals surface area contributed by atoms with Crippen LogP contribution in [0, 0.1) is 13.8 Å². The van der Waals surface area contributed by atoms with Crippen molar-refractivity contribution in [2.24, 2.45) is 7.05 Å². The van der Waals surface area contributed by atoms with Crippen molar-refractivity contribution in [2.75, 3.05) is 13.1 Å². The van der Waals surface area contributed by atoms with E-state index in [0.29, 0.717) is 12.3 Å². The molecule has 1 atom stereocenters. The molecule has 1 unspecified atom stereocenters. The highest BCUT2D eigenvalue weighted by Gasteiger charge is 2.30. The third kappa shape index (κ3) is 2.71. The number of likely N-dealkylation sites (tertiary alicyclic amines) is 1. The van der Waals surface area contributed by atoms with E-state index in [1.807, 2.05) is 48.6 Å². The minimum atomic E-state index is -0.0294. The fourth-order valence-electron chi connectivity index (χ4n) is 3.71. The van der Waals surface area contributed by atoms with E-state index in [4.69, 9.17) is 4.42 Å². The number of amides is 1. The highest BCUT2D eigenvalue weighted by atomic mass is 16.3. The van der Waals surface area contributed by atoms with Crippen LogP contribution in [0.4, 0.5) is 0 Å². The summed E-state index contributed by atoms with van der Waals surface area (Å²) in [5.41, 5.74) is 2.82. The Labute approximate surface area is 146 Å². The molecule has 130 valence electrons. The van der Waals surface area contributed by atoms with Crippen LogP contribution in [0.5, 0.6) is 0 Å². The third-order valence-electron chi connectivity index (χ3n) is 5.11. The Bertz CT molecular complexity index is 940. The van der Waals surface area contributed by atoms with E-state index >= 15 is 0 Å². The molecule has 2 aromatic heterocycles. The monoisotopic (exact) mass is 338 g/mol. The number of hydrogen-bond acceptors (Lipinski definition) is 4. The van der Waals surface area contributed by atoms with Gasteiger partial charge in [-0.25, -0.2) is 0 Å². The maximum atomic E-state index is 13.1. The summed E-state index contributed by atoms with van der Waals surface area (Å²) < 4.78 is 7.86. The SMILES string of the molecule is Cc1ccc2c(C)c(C(=O)N3CCCC(c4nncn4C)C3)oc2c1. The molecule has 0 aliphatic carbocycles. The molecule has 3 aromatic rings. The van der Waals surface area contributed by atoms with Gasteiger partial charge in [-0.2, -0.15) is 0 Å². The van der Waals surface area contributed by atoms with Crippen LogP contribution in [0.15, 0.2) is 28.9 Å². The smallest absolute Gasteiger partial charge is 0.289 e. The molecule has 0 saturated carbocycles. The fraction of sp³-hybridized carbons (Fsp3) is 0.421. The molecule has 0 spiro atoms. The van der Waals surface area contributed by atoms with E-state index in [2.05, 4.69) is 10.2 Å². The molecule has 4 rings (SSSR count). The van der Waals surface area contributed by atoms with Gasteiger partial charge in [0.25, 0.3) is 5.91 Å². The molecule has 0 bridgehead atoms. The number of aromatic nitrogens is 3. The number of hydrogen-bond donors (Lipinski definition) is 0. The highest BCUT2D eigenvalue weighted by molar-refractivity contribution is 5.99. The van der Waals surface area contributed by atoms with Gasteiger partial charge in [0, 0.05) is 37.0 Å². The van der Waals surface area contributed by atoms with Gasteiger partial charge in [0.1, 0.15) is 17.7 Å². The van der Waals surface area contributed by atoms with Gasteiger partial charge in [-0.1, -0.05) is 12.1 Å². The van der Waals surface area contributed by atoms with Crippen molar-refractivity contribution in [1.82, 2.24) is 19.7 Å². The van der Waals surface area contributed by atoms with Crippen molar-refractivity contribution in [1.29, 1.82) is 0 Å². The molecule has 1 saturated heterocycles. The lowest BCUT2D eigenvalue weighted by atomic mass is 9.96. The van der Waals surface area contributed by atoms with Gasteiger partial charge in [0.15, 0.2) is 5.76 Å². The molecule has 1 amide bonds. The number of furan rings is 1. The Hall–Kier alpha value is -2.63. The van der Waals surface area contributed by atoms with E-state index in [1.54, 1.807) is 6.33 Å². The van der Waals surface area contributed by atoms with Crippen LogP contribution in [0.25, 0.3) is 11.0 Å². The molecule has 1 aliphatic heterocycles. The number of benzene rings is 1. The van der Waals surface area contributed by atoms with E-state index in [-0.39, 0.29) is 11.8 Å². The van der Waals surface area contributed by atoms with Gasteiger partial charge < -0.3 is 13.9 Å². The van der Waals surface area contributed by atoms with E-state index < -0.39 is 0 Å². The Morgan fingerprint density at radius 1 is 1.32 bits per heavy atom. The van der Waals surface area contributed by atoms with Gasteiger partial charge in [-0.15, -0.1) is 10.2 Å². The fourth-order valence-corrected chi connectivity index (χ4v) is 3.71. The topological polar surface area (TPSA) is 64.2 Å². The number of nitrogens with zero attached hydrogens (tertiary/aromatic N) is 4. The van der Waals surface area contributed by atoms with Gasteiger partial charge in [0.2, 0.25) is 0 Å². The first-order chi connectivity index (χ1) is 12.0. The first kappa shape index (κ1) is 15.9. The zero-order valence-electron chi connectivity index (χ0n) is 14.8. The zero-order valence-corrected chi connectivity index (χ0v) is 14.8. The molecule has 1 fully saturated rings. The zero-order chi connectivity index (χ0) is 17.6. The van der Waals surface area contributed by atoms with Crippen LogP contribution in [-0.4, -0.2) is 38.7 Å². The molecule has 1 aliphatic rings. The molecule has 25 heavy (non-hydrogen) atoms. The maximum Gasteiger partial charge on any atom is 0.289 e. The molecule has 0 N–H and O–H groups in total. The predicted octanol–water partition coefficient (Wildman–Crippen LogP) is 3.20. The first-order valence-electron chi connectivity index (χ1n) is 8.67. The second-order valence-corrected chi connectivity index (χ2v) is 6.95. The average Bonchev–Trinajstić information content (AvgIpc) is 3.18. The van der Waals surface area contributed by atoms with Crippen molar-refractivity contribution >= 4 is 16.9 Å². The van der Waals surface area contributed by atoms with Gasteiger partial charge in [-0.05, 0) is 38.3 Å². The summed E-state index contributed by atoms with van der Waals surface area (Å²) in [5, 5.41) is 9.20. The Kier molecular flexibility index (Phi) is 3.82. The van der Waals surface area contributed by atoms with E-state index in [0.717, 1.165) is 47.3 Å². The molecular formula is C19H22N4O2. The molecule has 1 aromatic carbocycles.